The highest BCUT2D eigenvalue weighted by Crippen LogP contribution is 2.50. The number of benzene rings is 4. The van der Waals surface area contributed by atoms with Gasteiger partial charge in [-0.1, -0.05) is 145 Å². The van der Waals surface area contributed by atoms with Crippen molar-refractivity contribution in [1.82, 2.24) is 0 Å². The van der Waals surface area contributed by atoms with E-state index in [0.29, 0.717) is 0 Å². The Kier molecular flexibility index (Phi) is 7.20. The minimum Gasteiger partial charge on any atom is -0.0738 e. The lowest BCUT2D eigenvalue weighted by atomic mass is 9.56. The van der Waals surface area contributed by atoms with Gasteiger partial charge in [0.2, 0.25) is 0 Å². The van der Waals surface area contributed by atoms with Crippen molar-refractivity contribution in [2.75, 3.05) is 0 Å². The molecule has 1 heterocycles. The maximum absolute atomic E-state index is 5.31. The van der Waals surface area contributed by atoms with Gasteiger partial charge in [0.25, 0.3) is 12.1 Å². The van der Waals surface area contributed by atoms with Gasteiger partial charge in [-0.2, -0.15) is 0 Å². The normalized spacial score (nSPS) is 24.8. The van der Waals surface area contributed by atoms with Gasteiger partial charge in [-0.3, -0.25) is 0 Å². The standard InChI is InChI=1S/C35H34N2/c1-3-34(30-21-13-7-14-22-30)26-36-32(28-17-9-5-10-18-28)25-33(29-19-11-6-12-20-29)37-27-35(34,4-2)31-23-15-8-16-24-31/h5-24,32-33H,3-4,25H2,1-2H3/q+2. The molecule has 1 aliphatic rings. The van der Waals surface area contributed by atoms with Gasteiger partial charge < -0.3 is 0 Å². The van der Waals surface area contributed by atoms with E-state index in [-0.39, 0.29) is 12.1 Å². The second-order valence-electron chi connectivity index (χ2n) is 9.82. The summed E-state index contributed by atoms with van der Waals surface area (Å²) in [4.78, 5) is 10.6. The van der Waals surface area contributed by atoms with Crippen molar-refractivity contribution in [1.29, 1.82) is 0 Å². The van der Waals surface area contributed by atoms with Crippen LogP contribution in [0.4, 0.5) is 0 Å². The van der Waals surface area contributed by atoms with Crippen molar-refractivity contribution in [3.05, 3.63) is 153 Å². The third kappa shape index (κ3) is 4.57. The average molecular weight is 483 g/mol. The first-order chi connectivity index (χ1) is 18.2. The van der Waals surface area contributed by atoms with E-state index in [9.17, 15) is 0 Å². The fourth-order valence-electron chi connectivity index (χ4n) is 5.89. The highest BCUT2D eigenvalue weighted by molar-refractivity contribution is 5.52. The minimum absolute atomic E-state index is 0.0602. The first kappa shape index (κ1) is 24.5. The third-order valence-electron chi connectivity index (χ3n) is 7.96. The van der Waals surface area contributed by atoms with Crippen LogP contribution < -0.4 is 0 Å². The Morgan fingerprint density at radius 1 is 0.541 bits per heavy atom. The highest BCUT2D eigenvalue weighted by Gasteiger charge is 2.59. The largest absolute Gasteiger partial charge is 0.305 e. The molecule has 37 heavy (non-hydrogen) atoms. The Bertz CT molecular complexity index is 1310. The SMILES string of the molecule is CCC1(c2ccccc2)C#[N+]C(c2ccccc2)CC(c2ccccc2)[N+]#CC1(CC)c1ccccc1. The molecule has 1 aliphatic heterocycles. The fourth-order valence-corrected chi connectivity index (χ4v) is 5.89. The molecule has 5 rings (SSSR count). The Morgan fingerprint density at radius 2 is 0.865 bits per heavy atom. The molecule has 182 valence electrons. The zero-order valence-electron chi connectivity index (χ0n) is 21.7. The minimum atomic E-state index is -0.535. The second-order valence-corrected chi connectivity index (χ2v) is 9.82. The van der Waals surface area contributed by atoms with Crippen LogP contribution in [-0.2, 0) is 10.8 Å². The average Bonchev–Trinajstić information content (AvgIpc) is 3.06. The monoisotopic (exact) mass is 482 g/mol. The zero-order valence-corrected chi connectivity index (χ0v) is 21.7. The molecule has 0 spiro atoms. The lowest BCUT2D eigenvalue weighted by Gasteiger charge is -2.37. The number of hydrogen-bond acceptors (Lipinski definition) is 0. The van der Waals surface area contributed by atoms with Crippen LogP contribution in [0.3, 0.4) is 0 Å². The number of nitrogens with zero attached hydrogens (tertiary/aromatic N) is 2. The van der Waals surface area contributed by atoms with Crippen LogP contribution in [0.2, 0.25) is 0 Å². The second kappa shape index (κ2) is 10.9. The van der Waals surface area contributed by atoms with Crippen molar-refractivity contribution < 1.29 is 0 Å². The summed E-state index contributed by atoms with van der Waals surface area (Å²) in [6.45, 7) is 4.49. The van der Waals surface area contributed by atoms with Gasteiger partial charge in [0.1, 0.15) is 6.42 Å². The molecule has 4 unspecified atom stereocenters. The molecule has 0 saturated carbocycles. The molecule has 0 fully saturated rings. The predicted octanol–water partition coefficient (Wildman–Crippen LogP) is 9.23. The first-order valence-corrected chi connectivity index (χ1v) is 13.4. The van der Waals surface area contributed by atoms with Crippen LogP contribution in [-0.4, -0.2) is 0 Å². The third-order valence-corrected chi connectivity index (χ3v) is 7.96. The van der Waals surface area contributed by atoms with Gasteiger partial charge in [-0.05, 0) is 24.0 Å². The van der Waals surface area contributed by atoms with Gasteiger partial charge in [0, 0.05) is 11.1 Å². The quantitative estimate of drug-likeness (QED) is 0.259. The Morgan fingerprint density at radius 3 is 1.19 bits per heavy atom. The van der Waals surface area contributed by atoms with Crippen molar-refractivity contribution in [3.63, 3.8) is 0 Å². The summed E-state index contributed by atoms with van der Waals surface area (Å²) in [7, 11) is 0. The fraction of sp³-hybridized carbons (Fsp3) is 0.257. The van der Waals surface area contributed by atoms with Gasteiger partial charge in [-0.25, -0.2) is 0 Å². The molecular formula is C35H34N2+2. The zero-order chi connectivity index (χ0) is 25.6. The molecule has 2 heteroatoms. The summed E-state index contributed by atoms with van der Waals surface area (Å²) >= 11 is 0. The Hall–Kier alpha value is -4.14. The van der Waals surface area contributed by atoms with Crippen LogP contribution in [0, 0.1) is 12.1 Å². The summed E-state index contributed by atoms with van der Waals surface area (Å²) < 4.78 is 0. The van der Waals surface area contributed by atoms with Gasteiger partial charge in [0.15, 0.2) is 10.8 Å². The van der Waals surface area contributed by atoms with Crippen molar-refractivity contribution in [2.45, 2.75) is 56.0 Å². The van der Waals surface area contributed by atoms with E-state index in [0.717, 1.165) is 19.3 Å². The van der Waals surface area contributed by atoms with Crippen molar-refractivity contribution in [2.24, 2.45) is 0 Å². The molecule has 4 atom stereocenters. The molecule has 0 saturated heterocycles. The molecule has 4 aromatic carbocycles. The van der Waals surface area contributed by atoms with Crippen LogP contribution in [0.5, 0.6) is 0 Å². The van der Waals surface area contributed by atoms with E-state index in [1.165, 1.54) is 22.3 Å². The van der Waals surface area contributed by atoms with E-state index in [1.807, 2.05) is 0 Å². The van der Waals surface area contributed by atoms with Crippen LogP contribution in [0.1, 0.15) is 67.4 Å². The van der Waals surface area contributed by atoms with E-state index in [4.69, 9.17) is 9.69 Å². The van der Waals surface area contributed by atoms with E-state index in [2.05, 4.69) is 147 Å². The van der Waals surface area contributed by atoms with E-state index in [1.54, 1.807) is 0 Å². The molecule has 0 radical (unpaired) electrons. The van der Waals surface area contributed by atoms with Crippen LogP contribution in [0.15, 0.2) is 121 Å². The van der Waals surface area contributed by atoms with Gasteiger partial charge in [0.05, 0.1) is 0 Å². The van der Waals surface area contributed by atoms with Crippen molar-refractivity contribution in [3.8, 4) is 12.1 Å². The van der Waals surface area contributed by atoms with E-state index >= 15 is 0 Å². The predicted molar refractivity (Wildman–Crippen MR) is 154 cm³/mol. The maximum atomic E-state index is 5.31. The summed E-state index contributed by atoms with van der Waals surface area (Å²) in [5, 5.41) is 0. The molecule has 2 nitrogen and oxygen atoms in total. The lowest BCUT2D eigenvalue weighted by Crippen LogP contribution is -2.47. The Balaban J connectivity index is 1.84. The number of rotatable bonds is 6. The van der Waals surface area contributed by atoms with Crippen LogP contribution in [0.25, 0.3) is 9.69 Å². The molecule has 0 bridgehead atoms. The van der Waals surface area contributed by atoms with Gasteiger partial charge in [-0.15, -0.1) is 0 Å². The van der Waals surface area contributed by atoms with E-state index < -0.39 is 10.8 Å². The topological polar surface area (TPSA) is 8.72 Å². The molecule has 0 N–H and O–H groups in total. The Labute approximate surface area is 221 Å². The summed E-state index contributed by atoms with van der Waals surface area (Å²) in [5.74, 6) is 0. The smallest absolute Gasteiger partial charge is 0.0738 e. The lowest BCUT2D eigenvalue weighted by molar-refractivity contribution is 0.331. The molecular weight excluding hydrogens is 448 g/mol. The van der Waals surface area contributed by atoms with Crippen molar-refractivity contribution >= 4 is 0 Å². The van der Waals surface area contributed by atoms with Crippen LogP contribution >= 0.6 is 0 Å². The first-order valence-electron chi connectivity index (χ1n) is 13.4. The summed E-state index contributed by atoms with van der Waals surface area (Å²) in [5.41, 5.74) is 3.69. The summed E-state index contributed by atoms with van der Waals surface area (Å²) in [6.07, 6.45) is 2.41. The number of hydrogen-bond donors (Lipinski definition) is 0. The molecule has 4 aromatic rings. The molecule has 0 aliphatic carbocycles. The highest BCUT2D eigenvalue weighted by atomic mass is 14.8. The molecule has 0 aromatic heterocycles. The summed E-state index contributed by atoms with van der Waals surface area (Å²) in [6, 6.07) is 50.1. The maximum Gasteiger partial charge on any atom is 0.305 e. The van der Waals surface area contributed by atoms with Gasteiger partial charge >= 0.3 is 12.1 Å². The molecule has 0 amide bonds.